The molecule has 1 aliphatic rings. The molecule has 2 rings (SSSR count). The van der Waals surface area contributed by atoms with Crippen LogP contribution >= 0.6 is 34.8 Å². The lowest BCUT2D eigenvalue weighted by Crippen LogP contribution is -2.22. The molecular weight excluding hydrogens is 333 g/mol. The van der Waals surface area contributed by atoms with Gasteiger partial charge in [-0.05, 0) is 12.5 Å². The van der Waals surface area contributed by atoms with Crippen molar-refractivity contribution in [3.05, 3.63) is 35.4 Å². The normalized spacial score (nSPS) is 23.4. The molecular formula is C11H12Cl3NO3S. The van der Waals surface area contributed by atoms with Gasteiger partial charge in [-0.2, -0.15) is 12.7 Å². The van der Waals surface area contributed by atoms with Crippen LogP contribution in [0.15, 0.2) is 24.3 Å². The number of aryl methyl sites for hydroxylation is 1. The van der Waals surface area contributed by atoms with Crippen molar-refractivity contribution in [1.82, 2.24) is 4.31 Å². The lowest BCUT2D eigenvalue weighted by Gasteiger charge is -2.12. The van der Waals surface area contributed by atoms with Gasteiger partial charge in [0.25, 0.3) is 0 Å². The lowest BCUT2D eigenvalue weighted by molar-refractivity contribution is 0.305. The molecule has 1 heterocycles. The number of halogens is 3. The average molecular weight is 345 g/mol. The summed E-state index contributed by atoms with van der Waals surface area (Å²) in [5.41, 5.74) is 2.04. The van der Waals surface area contributed by atoms with Crippen LogP contribution in [0.1, 0.15) is 17.2 Å². The Balaban J connectivity index is 2.00. The molecule has 2 atom stereocenters. The third kappa shape index (κ3) is 4.21. The van der Waals surface area contributed by atoms with Gasteiger partial charge in [0, 0.05) is 6.54 Å². The summed E-state index contributed by atoms with van der Waals surface area (Å²) in [6.07, 6.45) is 0. The molecule has 0 spiro atoms. The molecule has 1 aromatic rings. The standard InChI is InChI=1S/C11H12Cl3NO3S/c1-8-2-4-9(5-3-8)10-6-15(10)19(16,17)18-7-11(12,13)14/h2-5,10H,6-7H2,1H3/t10-,15?/m0/s1. The summed E-state index contributed by atoms with van der Waals surface area (Å²) in [5.74, 6) is 0. The minimum atomic E-state index is -3.85. The maximum Gasteiger partial charge on any atom is 0.339 e. The van der Waals surface area contributed by atoms with E-state index in [0.717, 1.165) is 11.1 Å². The summed E-state index contributed by atoms with van der Waals surface area (Å²) in [6.45, 7) is 1.84. The highest BCUT2D eigenvalue weighted by molar-refractivity contribution is 7.84. The molecule has 19 heavy (non-hydrogen) atoms. The maximum absolute atomic E-state index is 11.8. The van der Waals surface area contributed by atoms with Crippen LogP contribution in [0.5, 0.6) is 0 Å². The van der Waals surface area contributed by atoms with E-state index in [4.69, 9.17) is 39.0 Å². The van der Waals surface area contributed by atoms with Crippen LogP contribution in [-0.2, 0) is 14.5 Å². The van der Waals surface area contributed by atoms with E-state index in [1.54, 1.807) is 0 Å². The van der Waals surface area contributed by atoms with Gasteiger partial charge in [0.15, 0.2) is 0 Å². The van der Waals surface area contributed by atoms with Gasteiger partial charge in [0.05, 0.1) is 6.04 Å². The molecule has 4 nitrogen and oxygen atoms in total. The smallest absolute Gasteiger partial charge is 0.253 e. The topological polar surface area (TPSA) is 46.4 Å². The van der Waals surface area contributed by atoms with Gasteiger partial charge in [0.2, 0.25) is 3.79 Å². The Bertz CT molecular complexity index is 554. The molecule has 1 saturated heterocycles. The highest BCUT2D eigenvalue weighted by Gasteiger charge is 2.46. The van der Waals surface area contributed by atoms with Crippen molar-refractivity contribution in [3.63, 3.8) is 0 Å². The molecule has 0 aromatic heterocycles. The Morgan fingerprint density at radius 1 is 1.32 bits per heavy atom. The maximum atomic E-state index is 11.8. The van der Waals surface area contributed by atoms with Gasteiger partial charge in [-0.3, -0.25) is 4.18 Å². The minimum absolute atomic E-state index is 0.194. The van der Waals surface area contributed by atoms with Crippen LogP contribution in [0.2, 0.25) is 0 Å². The number of nitrogens with zero attached hydrogens (tertiary/aromatic N) is 1. The van der Waals surface area contributed by atoms with Crippen molar-refractivity contribution in [2.75, 3.05) is 13.2 Å². The predicted octanol–water partition coefficient (Wildman–Crippen LogP) is 2.98. The molecule has 1 unspecified atom stereocenters. The van der Waals surface area contributed by atoms with E-state index in [1.165, 1.54) is 4.31 Å². The lowest BCUT2D eigenvalue weighted by atomic mass is 10.1. The van der Waals surface area contributed by atoms with Crippen LogP contribution in [0.25, 0.3) is 0 Å². The fraction of sp³-hybridized carbons (Fsp3) is 0.455. The monoisotopic (exact) mass is 343 g/mol. The molecule has 0 amide bonds. The van der Waals surface area contributed by atoms with E-state index in [0.29, 0.717) is 6.54 Å². The Hall–Kier alpha value is -0.0400. The summed E-state index contributed by atoms with van der Waals surface area (Å²) in [6, 6.07) is 7.46. The number of hydrogen-bond donors (Lipinski definition) is 0. The number of benzene rings is 1. The van der Waals surface area contributed by atoms with Crippen LogP contribution in [0.3, 0.4) is 0 Å². The molecule has 0 aliphatic carbocycles. The molecule has 1 fully saturated rings. The van der Waals surface area contributed by atoms with Gasteiger partial charge in [-0.1, -0.05) is 64.6 Å². The zero-order valence-corrected chi connectivity index (χ0v) is 13.1. The minimum Gasteiger partial charge on any atom is -0.253 e. The summed E-state index contributed by atoms with van der Waals surface area (Å²) in [4.78, 5) is 0. The van der Waals surface area contributed by atoms with E-state index < -0.39 is 20.7 Å². The fourth-order valence-corrected chi connectivity index (χ4v) is 3.22. The quantitative estimate of drug-likeness (QED) is 0.623. The first-order valence-corrected chi connectivity index (χ1v) is 7.98. The zero-order valence-electron chi connectivity index (χ0n) is 10.0. The highest BCUT2D eigenvalue weighted by atomic mass is 35.6. The molecule has 106 valence electrons. The van der Waals surface area contributed by atoms with Gasteiger partial charge in [-0.25, -0.2) is 0 Å². The van der Waals surface area contributed by atoms with Crippen LogP contribution in [-0.4, -0.2) is 29.7 Å². The second-order valence-electron chi connectivity index (χ2n) is 4.33. The molecule has 1 aromatic carbocycles. The first-order chi connectivity index (χ1) is 8.69. The Labute approximate surface area is 127 Å². The van der Waals surface area contributed by atoms with Crippen molar-refractivity contribution in [3.8, 4) is 0 Å². The van der Waals surface area contributed by atoms with Crippen LogP contribution in [0.4, 0.5) is 0 Å². The molecule has 0 N–H and O–H groups in total. The second kappa shape index (κ2) is 5.39. The predicted molar refractivity (Wildman–Crippen MR) is 75.8 cm³/mol. The first-order valence-electron chi connectivity index (χ1n) is 5.48. The SMILES string of the molecule is Cc1ccc([C@@H]2CN2S(=O)(=O)OCC(Cl)(Cl)Cl)cc1. The number of hydrogen-bond acceptors (Lipinski definition) is 3. The number of alkyl halides is 3. The van der Waals surface area contributed by atoms with Crippen LogP contribution in [0, 0.1) is 6.92 Å². The highest BCUT2D eigenvalue weighted by Crippen LogP contribution is 2.39. The summed E-state index contributed by atoms with van der Waals surface area (Å²) in [5, 5.41) is 0. The van der Waals surface area contributed by atoms with Gasteiger partial charge in [-0.15, -0.1) is 0 Å². The van der Waals surface area contributed by atoms with Crippen molar-refractivity contribution in [2.45, 2.75) is 16.8 Å². The van der Waals surface area contributed by atoms with E-state index >= 15 is 0 Å². The van der Waals surface area contributed by atoms with Gasteiger partial charge < -0.3 is 0 Å². The molecule has 0 saturated carbocycles. The Kier molecular flexibility index (Phi) is 4.35. The van der Waals surface area contributed by atoms with E-state index in [9.17, 15) is 8.42 Å². The van der Waals surface area contributed by atoms with Crippen LogP contribution < -0.4 is 0 Å². The Morgan fingerprint density at radius 2 is 1.89 bits per heavy atom. The third-order valence-electron chi connectivity index (χ3n) is 2.69. The third-order valence-corrected chi connectivity index (χ3v) is 4.41. The van der Waals surface area contributed by atoms with Gasteiger partial charge >= 0.3 is 10.3 Å². The molecule has 1 aliphatic heterocycles. The van der Waals surface area contributed by atoms with Gasteiger partial charge in [0.1, 0.15) is 6.61 Å². The molecule has 8 heteroatoms. The van der Waals surface area contributed by atoms with E-state index in [2.05, 4.69) is 0 Å². The summed E-state index contributed by atoms with van der Waals surface area (Å²) in [7, 11) is -3.85. The Morgan fingerprint density at radius 3 is 2.42 bits per heavy atom. The van der Waals surface area contributed by atoms with E-state index in [-0.39, 0.29) is 6.04 Å². The van der Waals surface area contributed by atoms with Crippen molar-refractivity contribution in [1.29, 1.82) is 0 Å². The van der Waals surface area contributed by atoms with Crippen molar-refractivity contribution < 1.29 is 12.6 Å². The fourth-order valence-electron chi connectivity index (χ4n) is 1.64. The van der Waals surface area contributed by atoms with Crippen molar-refractivity contribution in [2.24, 2.45) is 0 Å². The number of rotatable bonds is 4. The average Bonchev–Trinajstić information content (AvgIpc) is 3.07. The second-order valence-corrected chi connectivity index (χ2v) is 8.41. The summed E-state index contributed by atoms with van der Waals surface area (Å²) >= 11 is 16.4. The largest absolute Gasteiger partial charge is 0.339 e. The first kappa shape index (κ1) is 15.4. The van der Waals surface area contributed by atoms with E-state index in [1.807, 2.05) is 31.2 Å². The zero-order chi connectivity index (χ0) is 14.3. The molecule has 0 bridgehead atoms. The van der Waals surface area contributed by atoms with Crippen molar-refractivity contribution >= 4 is 45.1 Å². The molecule has 0 radical (unpaired) electrons. The summed E-state index contributed by atoms with van der Waals surface area (Å²) < 4.78 is 27.8.